The van der Waals surface area contributed by atoms with E-state index in [9.17, 15) is 4.79 Å². The van der Waals surface area contributed by atoms with Crippen LogP contribution in [-0.2, 0) is 0 Å². The number of benzene rings is 2. The van der Waals surface area contributed by atoms with Crippen LogP contribution in [0.5, 0.6) is 0 Å². The van der Waals surface area contributed by atoms with Gasteiger partial charge >= 0.3 is 6.03 Å². The van der Waals surface area contributed by atoms with E-state index < -0.39 is 0 Å². The third kappa shape index (κ3) is 3.80. The number of hydrogen-bond acceptors (Lipinski definition) is 2. The van der Waals surface area contributed by atoms with Gasteiger partial charge in [0.2, 0.25) is 0 Å². The van der Waals surface area contributed by atoms with Crippen molar-refractivity contribution in [2.45, 2.75) is 6.92 Å². The summed E-state index contributed by atoms with van der Waals surface area (Å²) in [6.45, 7) is 2.40. The van der Waals surface area contributed by atoms with Crippen molar-refractivity contribution in [2.75, 3.05) is 22.5 Å². The van der Waals surface area contributed by atoms with E-state index >= 15 is 0 Å². The predicted molar refractivity (Wildman–Crippen MR) is 89.4 cm³/mol. The Kier molecular flexibility index (Phi) is 4.94. The Labute approximate surface area is 133 Å². The minimum atomic E-state index is -0.263. The average Bonchev–Trinajstić information content (AvgIpc) is 2.44. The number of nitrogen functional groups attached to an aromatic ring is 1. The number of nitrogens with two attached hydrogens (primary N) is 1. The third-order valence-electron chi connectivity index (χ3n) is 2.91. The molecule has 0 bridgehead atoms. The number of rotatable bonds is 3. The summed E-state index contributed by atoms with van der Waals surface area (Å²) in [5, 5.41) is 3.61. The fourth-order valence-corrected chi connectivity index (χ4v) is 2.20. The number of hydrogen-bond donors (Lipinski definition) is 2. The molecule has 6 heteroatoms. The quantitative estimate of drug-likeness (QED) is 0.809. The summed E-state index contributed by atoms with van der Waals surface area (Å²) in [7, 11) is 0. The molecule has 0 saturated heterocycles. The second-order valence-electron chi connectivity index (χ2n) is 4.40. The highest BCUT2D eigenvalue weighted by Crippen LogP contribution is 2.25. The average molecular weight is 324 g/mol. The van der Waals surface area contributed by atoms with Gasteiger partial charge in [-0.1, -0.05) is 29.3 Å². The van der Waals surface area contributed by atoms with Gasteiger partial charge in [-0.05, 0) is 43.3 Å². The molecular weight excluding hydrogens is 309 g/mol. The summed E-state index contributed by atoms with van der Waals surface area (Å²) >= 11 is 11.8. The minimum Gasteiger partial charge on any atom is -0.399 e. The molecule has 110 valence electrons. The SMILES string of the molecule is CCN(C(=O)Nc1ccc(Cl)c(Cl)c1)c1cccc(N)c1. The number of nitrogens with zero attached hydrogens (tertiary/aromatic N) is 1. The van der Waals surface area contributed by atoms with E-state index in [1.54, 1.807) is 41.3 Å². The highest BCUT2D eigenvalue weighted by molar-refractivity contribution is 6.42. The van der Waals surface area contributed by atoms with Gasteiger partial charge in [-0.25, -0.2) is 4.79 Å². The maximum Gasteiger partial charge on any atom is 0.326 e. The largest absolute Gasteiger partial charge is 0.399 e. The Balaban J connectivity index is 2.18. The van der Waals surface area contributed by atoms with Crippen molar-refractivity contribution >= 4 is 46.3 Å². The van der Waals surface area contributed by atoms with Gasteiger partial charge in [0, 0.05) is 23.6 Å². The molecule has 0 saturated carbocycles. The number of halogens is 2. The highest BCUT2D eigenvalue weighted by atomic mass is 35.5. The van der Waals surface area contributed by atoms with Crippen LogP contribution >= 0.6 is 23.2 Å². The van der Waals surface area contributed by atoms with Gasteiger partial charge in [0.1, 0.15) is 0 Å². The van der Waals surface area contributed by atoms with Gasteiger partial charge in [-0.2, -0.15) is 0 Å². The van der Waals surface area contributed by atoms with Gasteiger partial charge < -0.3 is 11.1 Å². The first-order valence-electron chi connectivity index (χ1n) is 6.40. The number of nitrogens with one attached hydrogen (secondary N) is 1. The summed E-state index contributed by atoms with van der Waals surface area (Å²) in [5.74, 6) is 0. The van der Waals surface area contributed by atoms with Crippen LogP contribution in [-0.4, -0.2) is 12.6 Å². The van der Waals surface area contributed by atoms with Crippen molar-refractivity contribution in [3.05, 3.63) is 52.5 Å². The molecule has 0 aliphatic heterocycles. The zero-order chi connectivity index (χ0) is 15.4. The lowest BCUT2D eigenvalue weighted by molar-refractivity contribution is 0.257. The molecule has 0 spiro atoms. The second-order valence-corrected chi connectivity index (χ2v) is 5.21. The number of carbonyl (C=O) groups is 1. The zero-order valence-electron chi connectivity index (χ0n) is 11.4. The summed E-state index contributed by atoms with van der Waals surface area (Å²) in [6.07, 6.45) is 0. The molecule has 0 radical (unpaired) electrons. The van der Waals surface area contributed by atoms with Crippen LogP contribution in [0.3, 0.4) is 0 Å². The summed E-state index contributed by atoms with van der Waals surface area (Å²) in [4.78, 5) is 13.9. The van der Waals surface area contributed by atoms with Crippen LogP contribution in [0.4, 0.5) is 21.9 Å². The van der Waals surface area contributed by atoms with Crippen molar-refractivity contribution in [2.24, 2.45) is 0 Å². The molecule has 4 nitrogen and oxygen atoms in total. The molecule has 21 heavy (non-hydrogen) atoms. The highest BCUT2D eigenvalue weighted by Gasteiger charge is 2.14. The molecule has 2 rings (SSSR count). The van der Waals surface area contributed by atoms with Crippen LogP contribution < -0.4 is 16.0 Å². The normalized spacial score (nSPS) is 10.2. The van der Waals surface area contributed by atoms with Crippen LogP contribution in [0.1, 0.15) is 6.92 Å². The summed E-state index contributed by atoms with van der Waals surface area (Å²) in [5.41, 5.74) is 7.67. The molecule has 2 aromatic rings. The van der Waals surface area contributed by atoms with Crippen LogP contribution in [0.25, 0.3) is 0 Å². The first-order chi connectivity index (χ1) is 10.0. The maximum absolute atomic E-state index is 12.3. The molecule has 0 unspecified atom stereocenters. The van der Waals surface area contributed by atoms with Gasteiger partial charge in [0.15, 0.2) is 0 Å². The number of carbonyl (C=O) groups excluding carboxylic acids is 1. The minimum absolute atomic E-state index is 0.263. The van der Waals surface area contributed by atoms with Crippen LogP contribution in [0.2, 0.25) is 10.0 Å². The third-order valence-corrected chi connectivity index (χ3v) is 3.65. The summed E-state index contributed by atoms with van der Waals surface area (Å²) < 4.78 is 0. The van der Waals surface area contributed by atoms with Gasteiger partial charge in [0.25, 0.3) is 0 Å². The molecule has 0 heterocycles. The van der Waals surface area contributed by atoms with Crippen LogP contribution in [0.15, 0.2) is 42.5 Å². The Morgan fingerprint density at radius 3 is 2.57 bits per heavy atom. The van der Waals surface area contributed by atoms with Crippen molar-refractivity contribution in [1.82, 2.24) is 0 Å². The van der Waals surface area contributed by atoms with E-state index in [4.69, 9.17) is 28.9 Å². The van der Waals surface area contributed by atoms with Crippen LogP contribution in [0, 0.1) is 0 Å². The fourth-order valence-electron chi connectivity index (χ4n) is 1.90. The lowest BCUT2D eigenvalue weighted by Crippen LogP contribution is -2.34. The second kappa shape index (κ2) is 6.70. The number of urea groups is 1. The predicted octanol–water partition coefficient (Wildman–Crippen LogP) is 4.63. The molecule has 0 aliphatic carbocycles. The monoisotopic (exact) mass is 323 g/mol. The van der Waals surface area contributed by atoms with Gasteiger partial charge in [-0.3, -0.25) is 4.90 Å². The lowest BCUT2D eigenvalue weighted by atomic mass is 10.2. The molecule has 0 aliphatic rings. The smallest absolute Gasteiger partial charge is 0.326 e. The van der Waals surface area contributed by atoms with E-state index in [0.717, 1.165) is 5.69 Å². The Morgan fingerprint density at radius 2 is 1.95 bits per heavy atom. The number of anilines is 3. The molecule has 2 aromatic carbocycles. The van der Waals surface area contributed by atoms with E-state index in [1.165, 1.54) is 0 Å². The van der Waals surface area contributed by atoms with E-state index in [2.05, 4.69) is 5.32 Å². The molecule has 0 fully saturated rings. The van der Waals surface area contributed by atoms with Crippen molar-refractivity contribution < 1.29 is 4.79 Å². The molecule has 0 aromatic heterocycles. The van der Waals surface area contributed by atoms with Crippen molar-refractivity contribution in [3.63, 3.8) is 0 Å². The van der Waals surface area contributed by atoms with Gasteiger partial charge in [0.05, 0.1) is 10.0 Å². The summed E-state index contributed by atoms with van der Waals surface area (Å²) in [6, 6.07) is 11.8. The van der Waals surface area contributed by atoms with Crippen molar-refractivity contribution in [3.8, 4) is 0 Å². The number of amides is 2. The topological polar surface area (TPSA) is 58.4 Å². The van der Waals surface area contributed by atoms with E-state index in [0.29, 0.717) is 28.0 Å². The first kappa shape index (κ1) is 15.5. The van der Waals surface area contributed by atoms with Gasteiger partial charge in [-0.15, -0.1) is 0 Å². The Bertz CT molecular complexity index is 661. The molecule has 3 N–H and O–H groups in total. The van der Waals surface area contributed by atoms with Crippen molar-refractivity contribution in [1.29, 1.82) is 0 Å². The fraction of sp³-hybridized carbons (Fsp3) is 0.133. The maximum atomic E-state index is 12.3. The Morgan fingerprint density at radius 1 is 1.19 bits per heavy atom. The van der Waals surface area contributed by atoms with E-state index in [1.807, 2.05) is 13.0 Å². The zero-order valence-corrected chi connectivity index (χ0v) is 12.9. The lowest BCUT2D eigenvalue weighted by Gasteiger charge is -2.22. The molecular formula is C15H15Cl2N3O. The molecule has 2 amide bonds. The van der Waals surface area contributed by atoms with E-state index in [-0.39, 0.29) is 6.03 Å². The standard InChI is InChI=1S/C15H15Cl2N3O/c1-2-20(12-5-3-4-10(18)8-12)15(21)19-11-6-7-13(16)14(17)9-11/h3-9H,2,18H2,1H3,(H,19,21). The molecule has 0 atom stereocenters. The first-order valence-corrected chi connectivity index (χ1v) is 7.16. The Hall–Kier alpha value is -1.91.